The van der Waals surface area contributed by atoms with Gasteiger partial charge in [-0.3, -0.25) is 0 Å². The molecule has 11 heavy (non-hydrogen) atoms. The van der Waals surface area contributed by atoms with Crippen LogP contribution in [0.4, 0.5) is 0 Å². The van der Waals surface area contributed by atoms with Crippen LogP contribution < -0.4 is 0 Å². The Kier molecular flexibility index (Phi) is 5.44. The van der Waals surface area contributed by atoms with E-state index in [1.807, 2.05) is 25.2 Å². The van der Waals surface area contributed by atoms with Gasteiger partial charge in [-0.2, -0.15) is 0 Å². The fourth-order valence-corrected chi connectivity index (χ4v) is 0.571. The second kappa shape index (κ2) is 5.90. The summed E-state index contributed by atoms with van der Waals surface area (Å²) >= 11 is 0. The highest BCUT2D eigenvalue weighted by molar-refractivity contribution is 5.55. The summed E-state index contributed by atoms with van der Waals surface area (Å²) in [7, 11) is 0. The topological polar surface area (TPSA) is 17.1 Å². The largest absolute Gasteiger partial charge is 0.303 e. The first-order chi connectivity index (χ1) is 5.16. The fourth-order valence-electron chi connectivity index (χ4n) is 0.571. The van der Waals surface area contributed by atoms with E-state index in [1.54, 1.807) is 0 Å². The molecule has 0 aliphatic rings. The lowest BCUT2D eigenvalue weighted by molar-refractivity contribution is -0.109. The highest BCUT2D eigenvalue weighted by Gasteiger charge is 1.88. The van der Waals surface area contributed by atoms with E-state index in [9.17, 15) is 4.79 Å². The van der Waals surface area contributed by atoms with Gasteiger partial charge in [-0.15, -0.1) is 0 Å². The molecule has 0 aliphatic heterocycles. The number of carbonyl (C=O) groups is 1. The molecule has 0 aliphatic carbocycles. The SMILES string of the molecule is CC(C)/C=C/C=C/C(C)C=O. The summed E-state index contributed by atoms with van der Waals surface area (Å²) in [5, 5.41) is 0. The molecule has 1 heteroatoms. The van der Waals surface area contributed by atoms with Crippen LogP contribution >= 0.6 is 0 Å². The molecule has 1 unspecified atom stereocenters. The van der Waals surface area contributed by atoms with Crippen LogP contribution in [0.2, 0.25) is 0 Å². The summed E-state index contributed by atoms with van der Waals surface area (Å²) in [5.41, 5.74) is 0. The van der Waals surface area contributed by atoms with Crippen LogP contribution in [0.1, 0.15) is 20.8 Å². The predicted octanol–water partition coefficient (Wildman–Crippen LogP) is 2.59. The van der Waals surface area contributed by atoms with Gasteiger partial charge in [-0.05, 0) is 5.92 Å². The van der Waals surface area contributed by atoms with Crippen molar-refractivity contribution in [2.24, 2.45) is 11.8 Å². The Hall–Kier alpha value is -0.850. The van der Waals surface area contributed by atoms with E-state index in [4.69, 9.17) is 0 Å². The highest BCUT2D eigenvalue weighted by atomic mass is 16.1. The molecule has 0 amide bonds. The maximum atomic E-state index is 10.2. The van der Waals surface area contributed by atoms with Crippen molar-refractivity contribution in [3.63, 3.8) is 0 Å². The molecule has 0 saturated carbocycles. The number of carbonyl (C=O) groups excluding carboxylic acids is 1. The first kappa shape index (κ1) is 10.2. The number of rotatable bonds is 4. The van der Waals surface area contributed by atoms with Gasteiger partial charge in [0.15, 0.2) is 0 Å². The molecule has 0 bridgehead atoms. The van der Waals surface area contributed by atoms with Crippen molar-refractivity contribution >= 4 is 6.29 Å². The van der Waals surface area contributed by atoms with E-state index in [-0.39, 0.29) is 5.92 Å². The average molecular weight is 152 g/mol. The van der Waals surface area contributed by atoms with E-state index in [0.717, 1.165) is 6.29 Å². The van der Waals surface area contributed by atoms with Gasteiger partial charge in [0.1, 0.15) is 6.29 Å². The lowest BCUT2D eigenvalue weighted by Gasteiger charge is -1.91. The molecule has 0 rings (SSSR count). The first-order valence-corrected chi connectivity index (χ1v) is 3.97. The van der Waals surface area contributed by atoms with Crippen LogP contribution in [0.15, 0.2) is 24.3 Å². The van der Waals surface area contributed by atoms with Crippen LogP contribution in [0.25, 0.3) is 0 Å². The molecule has 0 aromatic carbocycles. The number of hydrogen-bond acceptors (Lipinski definition) is 1. The summed E-state index contributed by atoms with van der Waals surface area (Å²) in [5.74, 6) is 0.609. The van der Waals surface area contributed by atoms with Crippen molar-refractivity contribution < 1.29 is 4.79 Å². The van der Waals surface area contributed by atoms with Crippen molar-refractivity contribution in [3.8, 4) is 0 Å². The zero-order valence-corrected chi connectivity index (χ0v) is 7.45. The van der Waals surface area contributed by atoms with Gasteiger partial charge >= 0.3 is 0 Å². The van der Waals surface area contributed by atoms with Crippen LogP contribution in [0.3, 0.4) is 0 Å². The summed E-state index contributed by atoms with van der Waals surface area (Å²) in [4.78, 5) is 10.2. The maximum Gasteiger partial charge on any atom is 0.126 e. The van der Waals surface area contributed by atoms with Crippen molar-refractivity contribution in [1.29, 1.82) is 0 Å². The van der Waals surface area contributed by atoms with Gasteiger partial charge in [0.25, 0.3) is 0 Å². The molecule has 0 aromatic rings. The Balaban J connectivity index is 3.67. The molecule has 0 heterocycles. The zero-order chi connectivity index (χ0) is 8.69. The van der Waals surface area contributed by atoms with Gasteiger partial charge in [-0.25, -0.2) is 0 Å². The second-order valence-electron chi connectivity index (χ2n) is 3.01. The van der Waals surface area contributed by atoms with Gasteiger partial charge in [0.2, 0.25) is 0 Å². The molecule has 0 N–H and O–H groups in total. The molecule has 0 spiro atoms. The van der Waals surface area contributed by atoms with Crippen LogP contribution in [-0.2, 0) is 4.79 Å². The molecule has 0 saturated heterocycles. The molecule has 0 radical (unpaired) electrons. The molecule has 62 valence electrons. The van der Waals surface area contributed by atoms with E-state index in [0.29, 0.717) is 5.92 Å². The molecular weight excluding hydrogens is 136 g/mol. The van der Waals surface area contributed by atoms with Gasteiger partial charge in [0, 0.05) is 5.92 Å². The Morgan fingerprint density at radius 2 is 1.55 bits per heavy atom. The lowest BCUT2D eigenvalue weighted by atomic mass is 10.1. The van der Waals surface area contributed by atoms with Gasteiger partial charge < -0.3 is 4.79 Å². The molecule has 1 nitrogen and oxygen atoms in total. The first-order valence-electron chi connectivity index (χ1n) is 3.97. The lowest BCUT2D eigenvalue weighted by Crippen LogP contribution is -1.87. The van der Waals surface area contributed by atoms with Crippen molar-refractivity contribution in [3.05, 3.63) is 24.3 Å². The minimum absolute atomic E-state index is 0.0341. The smallest absolute Gasteiger partial charge is 0.126 e. The highest BCUT2D eigenvalue weighted by Crippen LogP contribution is 1.95. The zero-order valence-electron chi connectivity index (χ0n) is 7.45. The third-order valence-electron chi connectivity index (χ3n) is 1.24. The van der Waals surface area contributed by atoms with Crippen LogP contribution in [0.5, 0.6) is 0 Å². The van der Waals surface area contributed by atoms with E-state index < -0.39 is 0 Å². The molecule has 1 atom stereocenters. The maximum absolute atomic E-state index is 10.2. The third-order valence-corrected chi connectivity index (χ3v) is 1.24. The van der Waals surface area contributed by atoms with Gasteiger partial charge in [0.05, 0.1) is 0 Å². The van der Waals surface area contributed by atoms with Gasteiger partial charge in [-0.1, -0.05) is 45.1 Å². The normalized spacial score (nSPS) is 14.9. The minimum atomic E-state index is 0.0341. The fraction of sp³-hybridized carbons (Fsp3) is 0.500. The molecule has 0 fully saturated rings. The van der Waals surface area contributed by atoms with Crippen LogP contribution in [0, 0.1) is 11.8 Å². The summed E-state index contributed by atoms with van der Waals surface area (Å²) in [6, 6.07) is 0. The van der Waals surface area contributed by atoms with E-state index >= 15 is 0 Å². The summed E-state index contributed by atoms with van der Waals surface area (Å²) in [6.07, 6.45) is 8.79. The Labute approximate surface area is 68.8 Å². The van der Waals surface area contributed by atoms with E-state index in [1.165, 1.54) is 0 Å². The summed E-state index contributed by atoms with van der Waals surface area (Å²) < 4.78 is 0. The third kappa shape index (κ3) is 7.04. The minimum Gasteiger partial charge on any atom is -0.303 e. The Morgan fingerprint density at radius 3 is 2.00 bits per heavy atom. The number of aldehydes is 1. The monoisotopic (exact) mass is 152 g/mol. The van der Waals surface area contributed by atoms with Crippen molar-refractivity contribution in [2.45, 2.75) is 20.8 Å². The number of hydrogen-bond donors (Lipinski definition) is 0. The van der Waals surface area contributed by atoms with Crippen molar-refractivity contribution in [1.82, 2.24) is 0 Å². The Bertz CT molecular complexity index is 154. The standard InChI is InChI=1S/C10H16O/c1-9(2)6-4-5-7-10(3)8-11/h4-10H,1-3H3/b6-4+,7-5+. The molecular formula is C10H16O. The second-order valence-corrected chi connectivity index (χ2v) is 3.01. The van der Waals surface area contributed by atoms with Crippen LogP contribution in [-0.4, -0.2) is 6.29 Å². The quantitative estimate of drug-likeness (QED) is 0.447. The predicted molar refractivity (Wildman–Crippen MR) is 48.3 cm³/mol. The summed E-state index contributed by atoms with van der Waals surface area (Å²) in [6.45, 7) is 6.10. The molecule has 0 aromatic heterocycles. The number of allylic oxidation sites excluding steroid dienone is 4. The van der Waals surface area contributed by atoms with Crippen molar-refractivity contribution in [2.75, 3.05) is 0 Å². The average Bonchev–Trinajstić information content (AvgIpc) is 1.97. The van der Waals surface area contributed by atoms with E-state index in [2.05, 4.69) is 19.9 Å². The Morgan fingerprint density at radius 1 is 1.00 bits per heavy atom.